The zero-order valence-electron chi connectivity index (χ0n) is 17.9. The lowest BCUT2D eigenvalue weighted by molar-refractivity contribution is -0.121. The monoisotopic (exact) mass is 414 g/mol. The molecule has 0 spiro atoms. The van der Waals surface area contributed by atoms with Crippen LogP contribution in [0.15, 0.2) is 47.5 Å². The summed E-state index contributed by atoms with van der Waals surface area (Å²) in [5.74, 6) is 0.239. The molecular weight excluding hydrogens is 383 g/mol. The molecule has 0 bridgehead atoms. The van der Waals surface area contributed by atoms with E-state index in [1.54, 1.807) is 12.1 Å². The molecule has 2 rings (SSSR count). The largest absolute Gasteiger partial charge is 0.494 e. The number of carbonyl (C=O) groups is 1. The standard InChI is InChI=1S/C23H31FN4O2/c1-4-26-23(27-14-18-9-6-16(3)12-21(18)30-5-2)28-15-19(22(25)29)13-17-7-10-20(24)11-8-17/h6-12,19H,4-5,13-15H2,1-3H3,(H2,25,29)(H2,26,27,28). The van der Waals surface area contributed by atoms with Crippen molar-refractivity contribution >= 4 is 11.9 Å². The Hall–Kier alpha value is -3.09. The smallest absolute Gasteiger partial charge is 0.222 e. The highest BCUT2D eigenvalue weighted by Crippen LogP contribution is 2.21. The second-order valence-corrected chi connectivity index (χ2v) is 7.05. The van der Waals surface area contributed by atoms with Crippen molar-refractivity contribution in [3.8, 4) is 5.75 Å². The molecule has 0 saturated heterocycles. The number of nitrogens with two attached hydrogens (primary N) is 1. The van der Waals surface area contributed by atoms with Crippen LogP contribution in [0.25, 0.3) is 0 Å². The van der Waals surface area contributed by atoms with E-state index in [-0.39, 0.29) is 5.82 Å². The second-order valence-electron chi connectivity index (χ2n) is 7.05. The van der Waals surface area contributed by atoms with E-state index in [9.17, 15) is 9.18 Å². The van der Waals surface area contributed by atoms with Gasteiger partial charge in [0.25, 0.3) is 0 Å². The average Bonchev–Trinajstić information content (AvgIpc) is 2.71. The number of nitrogens with one attached hydrogen (secondary N) is 2. The number of ether oxygens (including phenoxy) is 1. The number of hydrogen-bond donors (Lipinski definition) is 3. The van der Waals surface area contributed by atoms with Crippen molar-refractivity contribution < 1.29 is 13.9 Å². The summed E-state index contributed by atoms with van der Waals surface area (Å²) in [7, 11) is 0. The lowest BCUT2D eigenvalue weighted by atomic mass is 9.98. The van der Waals surface area contributed by atoms with Gasteiger partial charge < -0.3 is 21.1 Å². The van der Waals surface area contributed by atoms with Crippen molar-refractivity contribution in [3.63, 3.8) is 0 Å². The minimum atomic E-state index is -0.447. The van der Waals surface area contributed by atoms with Crippen LogP contribution in [0.4, 0.5) is 4.39 Å². The van der Waals surface area contributed by atoms with E-state index in [0.717, 1.165) is 22.4 Å². The van der Waals surface area contributed by atoms with Gasteiger partial charge in [-0.1, -0.05) is 24.3 Å². The molecule has 1 atom stereocenters. The molecule has 1 amide bonds. The van der Waals surface area contributed by atoms with Gasteiger partial charge in [-0.3, -0.25) is 4.79 Å². The number of guanidine groups is 1. The van der Waals surface area contributed by atoms with E-state index in [2.05, 4.69) is 15.6 Å². The van der Waals surface area contributed by atoms with Crippen molar-refractivity contribution in [1.29, 1.82) is 0 Å². The van der Waals surface area contributed by atoms with Gasteiger partial charge in [0, 0.05) is 18.7 Å². The molecule has 0 aliphatic carbocycles. The fraction of sp³-hybridized carbons (Fsp3) is 0.391. The van der Waals surface area contributed by atoms with E-state index < -0.39 is 11.8 Å². The quantitative estimate of drug-likeness (QED) is 0.412. The van der Waals surface area contributed by atoms with Gasteiger partial charge in [-0.25, -0.2) is 9.38 Å². The Morgan fingerprint density at radius 2 is 1.90 bits per heavy atom. The molecule has 2 aromatic carbocycles. The lowest BCUT2D eigenvalue weighted by Gasteiger charge is -2.17. The topological polar surface area (TPSA) is 88.7 Å². The molecule has 0 aliphatic heterocycles. The SMILES string of the molecule is CCNC(=NCc1ccc(C)cc1OCC)NCC(Cc1ccc(F)cc1)C(N)=O. The van der Waals surface area contributed by atoms with E-state index in [1.807, 2.05) is 39.0 Å². The molecule has 0 fully saturated rings. The summed E-state index contributed by atoms with van der Waals surface area (Å²) < 4.78 is 18.8. The van der Waals surface area contributed by atoms with Crippen LogP contribution in [-0.4, -0.2) is 31.6 Å². The first-order chi connectivity index (χ1) is 14.4. The maximum atomic E-state index is 13.1. The van der Waals surface area contributed by atoms with E-state index in [4.69, 9.17) is 10.5 Å². The van der Waals surface area contributed by atoms with Crippen molar-refractivity contribution in [2.45, 2.75) is 33.7 Å². The predicted octanol–water partition coefficient (Wildman–Crippen LogP) is 2.93. The third-order valence-corrected chi connectivity index (χ3v) is 4.59. The van der Waals surface area contributed by atoms with Gasteiger partial charge in [-0.05, 0) is 56.5 Å². The Labute approximate surface area is 177 Å². The van der Waals surface area contributed by atoms with Gasteiger partial charge in [0.2, 0.25) is 5.91 Å². The Morgan fingerprint density at radius 1 is 1.17 bits per heavy atom. The second kappa shape index (κ2) is 11.8. The fourth-order valence-corrected chi connectivity index (χ4v) is 2.99. The van der Waals surface area contributed by atoms with Crippen LogP contribution in [0, 0.1) is 18.7 Å². The molecular formula is C23H31FN4O2. The van der Waals surface area contributed by atoms with Gasteiger partial charge >= 0.3 is 0 Å². The number of halogens is 1. The van der Waals surface area contributed by atoms with Crippen LogP contribution < -0.4 is 21.1 Å². The normalized spacial score (nSPS) is 12.3. The van der Waals surface area contributed by atoms with Crippen molar-refractivity contribution in [2.75, 3.05) is 19.7 Å². The number of aryl methyl sites for hydroxylation is 1. The van der Waals surface area contributed by atoms with E-state index in [1.165, 1.54) is 12.1 Å². The van der Waals surface area contributed by atoms with Crippen molar-refractivity contribution in [3.05, 3.63) is 65.0 Å². The summed E-state index contributed by atoms with van der Waals surface area (Å²) in [6.07, 6.45) is 0.425. The van der Waals surface area contributed by atoms with Crippen molar-refractivity contribution in [1.82, 2.24) is 10.6 Å². The number of primary amides is 1. The third kappa shape index (κ3) is 7.39. The van der Waals surface area contributed by atoms with Crippen LogP contribution in [-0.2, 0) is 17.8 Å². The number of aliphatic imine (C=N–C) groups is 1. The molecule has 4 N–H and O–H groups in total. The molecule has 0 aromatic heterocycles. The summed E-state index contributed by atoms with van der Waals surface area (Å²) in [5, 5.41) is 6.37. The predicted molar refractivity (Wildman–Crippen MR) is 118 cm³/mol. The van der Waals surface area contributed by atoms with Crippen LogP contribution in [0.3, 0.4) is 0 Å². The molecule has 162 valence electrons. The molecule has 1 unspecified atom stereocenters. The van der Waals surface area contributed by atoms with Crippen LogP contribution in [0.5, 0.6) is 5.75 Å². The van der Waals surface area contributed by atoms with Gasteiger partial charge in [-0.2, -0.15) is 0 Å². The first-order valence-corrected chi connectivity index (χ1v) is 10.2. The van der Waals surface area contributed by atoms with Gasteiger partial charge in [0.05, 0.1) is 19.1 Å². The number of nitrogens with zero attached hydrogens (tertiary/aromatic N) is 1. The molecule has 6 nitrogen and oxygen atoms in total. The highest BCUT2D eigenvalue weighted by atomic mass is 19.1. The average molecular weight is 415 g/mol. The number of benzene rings is 2. The highest BCUT2D eigenvalue weighted by molar-refractivity contribution is 5.82. The summed E-state index contributed by atoms with van der Waals surface area (Å²) >= 11 is 0. The van der Waals surface area contributed by atoms with Crippen molar-refractivity contribution in [2.24, 2.45) is 16.6 Å². The van der Waals surface area contributed by atoms with Gasteiger partial charge in [-0.15, -0.1) is 0 Å². The van der Waals surface area contributed by atoms with Crippen LogP contribution in [0.1, 0.15) is 30.5 Å². The summed E-state index contributed by atoms with van der Waals surface area (Å²) in [6.45, 7) is 7.96. The number of amides is 1. The Kier molecular flexibility index (Phi) is 9.12. The maximum Gasteiger partial charge on any atom is 0.222 e. The molecule has 0 heterocycles. The Balaban J connectivity index is 2.06. The van der Waals surface area contributed by atoms with Crippen LogP contribution in [0.2, 0.25) is 0 Å². The van der Waals surface area contributed by atoms with Crippen LogP contribution >= 0.6 is 0 Å². The van der Waals surface area contributed by atoms with Gasteiger partial charge in [0.15, 0.2) is 5.96 Å². The van der Waals surface area contributed by atoms with E-state index >= 15 is 0 Å². The minimum absolute atomic E-state index is 0.309. The first-order valence-electron chi connectivity index (χ1n) is 10.2. The summed E-state index contributed by atoms with van der Waals surface area (Å²) in [5.41, 5.74) is 8.54. The number of hydrogen-bond acceptors (Lipinski definition) is 3. The number of rotatable bonds is 10. The summed E-state index contributed by atoms with van der Waals surface area (Å²) in [6, 6.07) is 12.1. The fourth-order valence-electron chi connectivity index (χ4n) is 2.99. The van der Waals surface area contributed by atoms with Gasteiger partial charge in [0.1, 0.15) is 11.6 Å². The Bertz CT molecular complexity index is 853. The zero-order chi connectivity index (χ0) is 21.9. The Morgan fingerprint density at radius 3 is 2.53 bits per heavy atom. The summed E-state index contributed by atoms with van der Waals surface area (Å²) in [4.78, 5) is 16.5. The first kappa shape index (κ1) is 23.2. The lowest BCUT2D eigenvalue weighted by Crippen LogP contribution is -2.43. The minimum Gasteiger partial charge on any atom is -0.494 e. The zero-order valence-corrected chi connectivity index (χ0v) is 17.9. The molecule has 0 aliphatic rings. The molecule has 0 radical (unpaired) electrons. The molecule has 30 heavy (non-hydrogen) atoms. The highest BCUT2D eigenvalue weighted by Gasteiger charge is 2.17. The maximum absolute atomic E-state index is 13.1. The van der Waals surface area contributed by atoms with E-state index in [0.29, 0.717) is 38.6 Å². The third-order valence-electron chi connectivity index (χ3n) is 4.59. The molecule has 2 aromatic rings. The number of carbonyl (C=O) groups excluding carboxylic acids is 1. The molecule has 0 saturated carbocycles. The molecule has 7 heteroatoms.